The van der Waals surface area contributed by atoms with Crippen LogP contribution in [0.5, 0.6) is 0 Å². The first-order valence-electron chi connectivity index (χ1n) is 28.9. The van der Waals surface area contributed by atoms with E-state index < -0.39 is 22.8 Å². The number of hydrogen-bond donors (Lipinski definition) is 1. The average Bonchev–Trinajstić information content (AvgIpc) is 3.41. The molecule has 0 saturated carbocycles. The molecule has 5 fully saturated rings. The molecular formula is C65H88Cl4N4O6. The summed E-state index contributed by atoms with van der Waals surface area (Å²) in [6, 6.07) is 30.0. The Bertz CT molecular complexity index is 2490. The Morgan fingerprint density at radius 1 is 0.544 bits per heavy atom. The van der Waals surface area contributed by atoms with Crippen molar-refractivity contribution in [1.29, 1.82) is 0 Å². The summed E-state index contributed by atoms with van der Waals surface area (Å²) in [5.74, 6) is -1.58. The van der Waals surface area contributed by atoms with E-state index in [1.807, 2.05) is 112 Å². The number of likely N-dealkylation sites (N-methyl/N-ethyl adjacent to an activating group) is 1. The normalized spacial score (nSPS) is 26.6. The molecule has 79 heavy (non-hydrogen) atoms. The van der Waals surface area contributed by atoms with Crippen LogP contribution in [0.1, 0.15) is 167 Å². The summed E-state index contributed by atoms with van der Waals surface area (Å²) in [5, 5.41) is 26.1. The SMILES string of the molecule is CC(C)CC[C@H](C(C)C)N1C(=O)[C@@](C)(CC(=O)[O-])C[C@H](c2cccc(Cl)c2)[C@H]1c1ccc(Cl)cc1.CC(C)CC[C@H](C(C)C)N1C(=O)[C@@](C)(CC(=O)[O-])C[C@H](c2cccc(Cl)c2)[C@H]1c1ccc(Cl)cc1.C[N+]12CC[NH+](CC1)CC2. The van der Waals surface area contributed by atoms with Gasteiger partial charge in [-0.15, -0.1) is 0 Å². The fourth-order valence-electron chi connectivity index (χ4n) is 13.0. The Morgan fingerprint density at radius 2 is 0.886 bits per heavy atom. The van der Waals surface area contributed by atoms with Crippen molar-refractivity contribution in [3.8, 4) is 0 Å². The Morgan fingerprint density at radius 3 is 1.15 bits per heavy atom. The van der Waals surface area contributed by atoms with E-state index in [1.165, 1.54) is 43.8 Å². The minimum absolute atomic E-state index is 0.0476. The maximum absolute atomic E-state index is 14.3. The molecule has 4 aromatic carbocycles. The lowest BCUT2D eigenvalue weighted by Crippen LogP contribution is -3.19. The number of carbonyl (C=O) groups is 4. The lowest BCUT2D eigenvalue weighted by atomic mass is 9.66. The Balaban J connectivity index is 0.000000219. The number of rotatable bonds is 18. The van der Waals surface area contributed by atoms with Crippen molar-refractivity contribution in [1.82, 2.24) is 9.80 Å². The van der Waals surface area contributed by atoms with Crippen LogP contribution < -0.4 is 15.1 Å². The van der Waals surface area contributed by atoms with Crippen molar-refractivity contribution < 1.29 is 38.8 Å². The molecular weight excluding hydrogens is 1070 g/mol. The molecule has 9 rings (SSSR count). The van der Waals surface area contributed by atoms with Crippen LogP contribution in [-0.2, 0) is 19.2 Å². The molecule has 0 unspecified atom stereocenters. The summed E-state index contributed by atoms with van der Waals surface area (Å²) >= 11 is 25.2. The number of piperazine rings is 3. The van der Waals surface area contributed by atoms with Gasteiger partial charge in [0.05, 0.1) is 30.0 Å². The molecule has 0 spiro atoms. The van der Waals surface area contributed by atoms with Gasteiger partial charge in [0.2, 0.25) is 11.8 Å². The van der Waals surface area contributed by atoms with Crippen molar-refractivity contribution in [2.24, 2.45) is 34.5 Å². The predicted molar refractivity (Wildman–Crippen MR) is 317 cm³/mol. The van der Waals surface area contributed by atoms with Crippen molar-refractivity contribution in [2.75, 3.05) is 46.3 Å². The van der Waals surface area contributed by atoms with Gasteiger partial charge in [-0.3, -0.25) is 9.59 Å². The summed E-state index contributed by atoms with van der Waals surface area (Å²) in [6.45, 7) is 29.4. The van der Waals surface area contributed by atoms with E-state index in [0.29, 0.717) is 44.8 Å². The number of nitrogens with zero attached hydrogens (tertiary/aromatic N) is 3. The number of carboxylic acids is 2. The number of piperidine rings is 2. The van der Waals surface area contributed by atoms with Gasteiger partial charge in [-0.05, 0) is 133 Å². The Kier molecular flexibility index (Phi) is 22.5. The lowest BCUT2D eigenvalue weighted by Gasteiger charge is -2.53. The number of quaternary nitrogens is 2. The molecule has 1 N–H and O–H groups in total. The molecule has 4 aromatic rings. The highest BCUT2D eigenvalue weighted by molar-refractivity contribution is 6.31. The summed E-state index contributed by atoms with van der Waals surface area (Å²) in [7, 11) is 2.40. The van der Waals surface area contributed by atoms with Gasteiger partial charge in [0.25, 0.3) is 0 Å². The van der Waals surface area contributed by atoms with Crippen molar-refractivity contribution >= 4 is 70.2 Å². The monoisotopic (exact) mass is 1160 g/mol. The molecule has 0 radical (unpaired) electrons. The average molecular weight is 1160 g/mol. The zero-order chi connectivity index (χ0) is 58.1. The van der Waals surface area contributed by atoms with Crippen molar-refractivity contribution in [3.05, 3.63) is 139 Å². The number of nitrogens with one attached hydrogen (secondary N) is 1. The van der Waals surface area contributed by atoms with Crippen LogP contribution in [0.4, 0.5) is 0 Å². The highest BCUT2D eigenvalue weighted by atomic mass is 35.5. The zero-order valence-electron chi connectivity index (χ0n) is 48.7. The minimum atomic E-state index is -1.21. The second-order valence-corrected chi connectivity index (χ2v) is 27.5. The zero-order valence-corrected chi connectivity index (χ0v) is 51.7. The number of halogens is 4. The lowest BCUT2D eigenvalue weighted by molar-refractivity contribution is -1.06. The first-order chi connectivity index (χ1) is 37.1. The van der Waals surface area contributed by atoms with Gasteiger partial charge in [-0.25, -0.2) is 0 Å². The molecule has 432 valence electrons. The van der Waals surface area contributed by atoms with E-state index in [-0.39, 0.29) is 72.5 Å². The van der Waals surface area contributed by atoms with E-state index in [1.54, 1.807) is 13.8 Å². The standard InChI is InChI=1S/2C29H37Cl2NO3.C7H15N2/c2*1-18(2)9-14-25(19(3)4)32-27(20-10-12-22(30)13-11-20)24(21-7-6-8-23(31)15-21)16-29(5,28(32)35)17-26(33)34;1-9-5-2-8(3-6-9)4-7-9/h2*6-8,10-13,15,18-19,24-25,27H,9,14,16-17H2,1-5H3,(H,33,34);2-7H2,1H3/q;;+1/p-1/t2*24-,25-,27-,29-;/m11./s1. The molecule has 2 amide bonds. The summed E-state index contributed by atoms with van der Waals surface area (Å²) < 4.78 is 1.36. The minimum Gasteiger partial charge on any atom is -0.550 e. The second-order valence-electron chi connectivity index (χ2n) is 25.7. The van der Waals surface area contributed by atoms with Gasteiger partial charge in [0.1, 0.15) is 39.3 Å². The van der Waals surface area contributed by atoms with Gasteiger partial charge in [-0.2, -0.15) is 0 Å². The summed E-state index contributed by atoms with van der Waals surface area (Å²) in [6.07, 6.45) is 3.77. The smallest absolute Gasteiger partial charge is 0.229 e. The molecule has 5 heterocycles. The van der Waals surface area contributed by atoms with Crippen LogP contribution in [0.15, 0.2) is 97.1 Å². The van der Waals surface area contributed by atoms with Crippen LogP contribution in [-0.4, -0.2) is 96.4 Å². The third kappa shape index (κ3) is 16.5. The topological polar surface area (TPSA) is 125 Å². The largest absolute Gasteiger partial charge is 0.550 e. The highest BCUT2D eigenvalue weighted by Crippen LogP contribution is 2.55. The fourth-order valence-corrected chi connectivity index (χ4v) is 13.7. The van der Waals surface area contributed by atoms with Gasteiger partial charge in [0, 0.05) is 68.8 Å². The van der Waals surface area contributed by atoms with E-state index in [4.69, 9.17) is 46.4 Å². The molecule has 8 atom stereocenters. The molecule has 5 aliphatic heterocycles. The van der Waals surface area contributed by atoms with E-state index in [9.17, 15) is 29.4 Å². The third-order valence-electron chi connectivity index (χ3n) is 17.6. The highest BCUT2D eigenvalue weighted by Gasteiger charge is 2.54. The number of likely N-dealkylation sites (tertiary alicyclic amines) is 2. The van der Waals surface area contributed by atoms with Crippen molar-refractivity contribution in [2.45, 2.75) is 157 Å². The number of amides is 2. The molecule has 0 aromatic heterocycles. The number of hydrogen-bond acceptors (Lipinski definition) is 6. The van der Waals surface area contributed by atoms with Crippen LogP contribution in [0.25, 0.3) is 0 Å². The number of carboxylic acid groups (broad SMARTS) is 2. The van der Waals surface area contributed by atoms with Crippen LogP contribution in [0.3, 0.4) is 0 Å². The van der Waals surface area contributed by atoms with E-state index in [0.717, 1.165) is 47.9 Å². The van der Waals surface area contributed by atoms with Crippen LogP contribution in [0.2, 0.25) is 20.1 Å². The van der Waals surface area contributed by atoms with Crippen molar-refractivity contribution in [3.63, 3.8) is 0 Å². The Labute approximate surface area is 492 Å². The molecule has 2 bridgehead atoms. The quantitative estimate of drug-likeness (QED) is 0.0989. The number of fused-ring (bicyclic) bond motifs is 3. The van der Waals surface area contributed by atoms with Gasteiger partial charge in [-0.1, -0.05) is 164 Å². The Hall–Kier alpha value is -4.16. The summed E-state index contributed by atoms with van der Waals surface area (Å²) in [5.41, 5.74) is 1.79. The predicted octanol–water partition coefficient (Wildman–Crippen LogP) is 11.7. The first kappa shape index (κ1) is 64.0. The maximum Gasteiger partial charge on any atom is 0.229 e. The summed E-state index contributed by atoms with van der Waals surface area (Å²) in [4.78, 5) is 58.0. The van der Waals surface area contributed by atoms with Crippen LogP contribution >= 0.6 is 46.4 Å². The fraction of sp³-hybridized carbons (Fsp3) is 0.569. The van der Waals surface area contributed by atoms with E-state index >= 15 is 0 Å². The number of benzene rings is 4. The third-order valence-corrected chi connectivity index (χ3v) is 18.6. The maximum atomic E-state index is 14.3. The second kappa shape index (κ2) is 27.7. The van der Waals surface area contributed by atoms with Gasteiger partial charge < -0.3 is 39.0 Å². The molecule has 5 saturated heterocycles. The van der Waals surface area contributed by atoms with Gasteiger partial charge in [0.15, 0.2) is 0 Å². The molecule has 14 heteroatoms. The number of carbonyl (C=O) groups excluding carboxylic acids is 4. The van der Waals surface area contributed by atoms with Crippen LogP contribution in [0, 0.1) is 34.5 Å². The van der Waals surface area contributed by atoms with Gasteiger partial charge >= 0.3 is 0 Å². The van der Waals surface area contributed by atoms with E-state index in [2.05, 4.69) is 62.4 Å². The molecule has 10 nitrogen and oxygen atoms in total. The first-order valence-corrected chi connectivity index (χ1v) is 30.4. The molecule has 0 aliphatic carbocycles. The molecule has 5 aliphatic rings. The number of aliphatic carboxylic acids is 2.